The maximum absolute atomic E-state index is 11.2. The summed E-state index contributed by atoms with van der Waals surface area (Å²) in [6, 6.07) is 10.2. The van der Waals surface area contributed by atoms with Gasteiger partial charge in [0.15, 0.2) is 0 Å². The van der Waals surface area contributed by atoms with Gasteiger partial charge in [-0.3, -0.25) is 4.79 Å². The van der Waals surface area contributed by atoms with Gasteiger partial charge in [0.05, 0.1) is 5.41 Å². The summed E-state index contributed by atoms with van der Waals surface area (Å²) in [6.07, 6.45) is 11.4. The molecule has 0 aliphatic heterocycles. The summed E-state index contributed by atoms with van der Waals surface area (Å²) in [5.41, 5.74) is 3.45. The lowest BCUT2D eigenvalue weighted by molar-refractivity contribution is -0.120. The summed E-state index contributed by atoms with van der Waals surface area (Å²) in [6.45, 7) is 1.81. The van der Waals surface area contributed by atoms with E-state index in [1.807, 2.05) is 36.6 Å². The predicted octanol–water partition coefficient (Wildman–Crippen LogP) is 2.95. The highest BCUT2D eigenvalue weighted by molar-refractivity contribution is 5.81. The maximum Gasteiger partial charge on any atom is 0.239 e. The Balaban J connectivity index is 2.24. The summed E-state index contributed by atoms with van der Waals surface area (Å²) >= 11 is 0. The fraction of sp³-hybridized carbons (Fsp3) is 0.250. The molecule has 0 aromatic heterocycles. The molecule has 0 spiro atoms. The Kier molecular flexibility index (Phi) is 4.29. The molecule has 1 aromatic rings. The number of benzene rings is 1. The predicted molar refractivity (Wildman–Crippen MR) is 77.9 cm³/mol. The second-order valence-corrected chi connectivity index (χ2v) is 4.54. The Morgan fingerprint density at radius 3 is 2.79 bits per heavy atom. The van der Waals surface area contributed by atoms with E-state index in [4.69, 9.17) is 0 Å². The minimum atomic E-state index is -0.267. The third kappa shape index (κ3) is 3.19. The minimum Gasteiger partial charge on any atom is -0.273 e. The molecule has 0 saturated carbocycles. The largest absolute Gasteiger partial charge is 0.273 e. The van der Waals surface area contributed by atoms with E-state index in [9.17, 15) is 4.79 Å². The molecule has 98 valence electrons. The highest BCUT2D eigenvalue weighted by Crippen LogP contribution is 2.30. The average molecular weight is 254 g/mol. The van der Waals surface area contributed by atoms with Crippen molar-refractivity contribution < 1.29 is 4.79 Å². The first-order valence-electron chi connectivity index (χ1n) is 6.50. The quantitative estimate of drug-likeness (QED) is 0.651. The minimum absolute atomic E-state index is 0.0743. The number of carbonyl (C=O) groups is 1. The first-order chi connectivity index (χ1) is 9.27. The monoisotopic (exact) mass is 254 g/mol. The lowest BCUT2D eigenvalue weighted by atomic mass is 9.76. The van der Waals surface area contributed by atoms with E-state index >= 15 is 0 Å². The summed E-state index contributed by atoms with van der Waals surface area (Å²) < 4.78 is 0. The third-order valence-electron chi connectivity index (χ3n) is 3.21. The Bertz CT molecular complexity index is 517. The van der Waals surface area contributed by atoms with Gasteiger partial charge in [-0.2, -0.15) is 5.10 Å². The second kappa shape index (κ2) is 6.14. The van der Waals surface area contributed by atoms with E-state index in [0.717, 1.165) is 6.42 Å². The topological polar surface area (TPSA) is 41.5 Å². The molecule has 0 heterocycles. The van der Waals surface area contributed by atoms with Crippen LogP contribution >= 0.6 is 0 Å². The second-order valence-electron chi connectivity index (χ2n) is 4.54. The molecule has 0 saturated heterocycles. The van der Waals surface area contributed by atoms with Gasteiger partial charge in [0, 0.05) is 12.6 Å². The lowest BCUT2D eigenvalue weighted by Crippen LogP contribution is -2.28. The highest BCUT2D eigenvalue weighted by atomic mass is 16.2. The number of carbonyl (C=O) groups excluding carboxylic acids is 1. The van der Waals surface area contributed by atoms with Gasteiger partial charge in [-0.1, -0.05) is 61.6 Å². The Labute approximate surface area is 113 Å². The van der Waals surface area contributed by atoms with Gasteiger partial charge in [-0.25, -0.2) is 5.43 Å². The van der Waals surface area contributed by atoms with Crippen LogP contribution in [0.15, 0.2) is 59.7 Å². The summed E-state index contributed by atoms with van der Waals surface area (Å²) in [5.74, 6) is -0.0743. The molecular formula is C16H18N2O. The first kappa shape index (κ1) is 13.3. The standard InChI is InChI=1S/C16H18N2O/c1-2-15(19)18-17-13-16(11-7-4-8-12-16)14-9-5-3-6-10-14/h3-11,13H,2,12H2,1H3,(H,18,19)/b17-13-. The molecule has 1 unspecified atom stereocenters. The zero-order chi connectivity index (χ0) is 13.6. The van der Waals surface area contributed by atoms with Crippen LogP contribution in [0.4, 0.5) is 0 Å². The molecule has 1 aliphatic carbocycles. The van der Waals surface area contributed by atoms with Gasteiger partial charge in [0.25, 0.3) is 0 Å². The van der Waals surface area contributed by atoms with Crippen LogP contribution in [0.3, 0.4) is 0 Å². The third-order valence-corrected chi connectivity index (χ3v) is 3.21. The molecule has 2 rings (SSSR count). The lowest BCUT2D eigenvalue weighted by Gasteiger charge is -2.27. The van der Waals surface area contributed by atoms with E-state index < -0.39 is 0 Å². The van der Waals surface area contributed by atoms with Gasteiger partial charge < -0.3 is 0 Å². The van der Waals surface area contributed by atoms with Crippen molar-refractivity contribution in [1.82, 2.24) is 5.43 Å². The molecule has 1 aromatic carbocycles. The van der Waals surface area contributed by atoms with Crippen LogP contribution in [0.5, 0.6) is 0 Å². The molecule has 3 heteroatoms. The summed E-state index contributed by atoms with van der Waals surface area (Å²) in [5, 5.41) is 4.10. The van der Waals surface area contributed by atoms with Gasteiger partial charge in [0.1, 0.15) is 0 Å². The number of hydrogen-bond donors (Lipinski definition) is 1. The maximum atomic E-state index is 11.2. The van der Waals surface area contributed by atoms with Crippen LogP contribution in [-0.4, -0.2) is 12.1 Å². The van der Waals surface area contributed by atoms with Crippen LogP contribution < -0.4 is 5.43 Å². The SMILES string of the molecule is CCC(=O)N/N=C\C1(c2ccccc2)C=CC=CC1. The molecule has 3 nitrogen and oxygen atoms in total. The number of nitrogens with zero attached hydrogens (tertiary/aromatic N) is 1. The summed E-state index contributed by atoms with van der Waals surface area (Å²) in [7, 11) is 0. The van der Waals surface area contributed by atoms with Crippen LogP contribution in [0.2, 0.25) is 0 Å². The Morgan fingerprint density at radius 2 is 2.16 bits per heavy atom. The average Bonchev–Trinajstić information content (AvgIpc) is 2.49. The van der Waals surface area contributed by atoms with Gasteiger partial charge in [0.2, 0.25) is 5.91 Å². The Morgan fingerprint density at radius 1 is 1.37 bits per heavy atom. The normalized spacial score (nSPS) is 21.7. The summed E-state index contributed by atoms with van der Waals surface area (Å²) in [4.78, 5) is 11.2. The van der Waals surface area contributed by atoms with Crippen molar-refractivity contribution in [3.8, 4) is 0 Å². The molecular weight excluding hydrogens is 236 g/mol. The molecule has 1 aliphatic rings. The highest BCUT2D eigenvalue weighted by Gasteiger charge is 2.27. The molecule has 1 atom stereocenters. The molecule has 1 amide bonds. The van der Waals surface area contributed by atoms with Crippen LogP contribution in [0, 0.1) is 0 Å². The van der Waals surface area contributed by atoms with Crippen molar-refractivity contribution in [2.45, 2.75) is 25.2 Å². The van der Waals surface area contributed by atoms with Gasteiger partial charge in [-0.15, -0.1) is 0 Å². The molecule has 1 N–H and O–H groups in total. The van der Waals surface area contributed by atoms with Gasteiger partial charge in [-0.05, 0) is 12.0 Å². The van der Waals surface area contributed by atoms with E-state index in [-0.39, 0.29) is 11.3 Å². The number of nitrogens with one attached hydrogen (secondary N) is 1. The molecule has 0 fully saturated rings. The number of hydrogen-bond acceptors (Lipinski definition) is 2. The van der Waals surface area contributed by atoms with Crippen molar-refractivity contribution >= 4 is 12.1 Å². The fourth-order valence-corrected chi connectivity index (χ4v) is 2.07. The van der Waals surface area contributed by atoms with E-state index in [2.05, 4.69) is 34.8 Å². The smallest absolute Gasteiger partial charge is 0.239 e. The van der Waals surface area contributed by atoms with E-state index in [0.29, 0.717) is 6.42 Å². The first-order valence-corrected chi connectivity index (χ1v) is 6.50. The van der Waals surface area contributed by atoms with E-state index in [1.54, 1.807) is 6.92 Å². The van der Waals surface area contributed by atoms with Crippen LogP contribution in [0.1, 0.15) is 25.3 Å². The van der Waals surface area contributed by atoms with E-state index in [1.165, 1.54) is 5.56 Å². The fourth-order valence-electron chi connectivity index (χ4n) is 2.07. The molecule has 19 heavy (non-hydrogen) atoms. The zero-order valence-electron chi connectivity index (χ0n) is 11.0. The van der Waals surface area contributed by atoms with Crippen LogP contribution in [-0.2, 0) is 10.2 Å². The molecule has 0 bridgehead atoms. The van der Waals surface area contributed by atoms with Crippen molar-refractivity contribution in [2.24, 2.45) is 5.10 Å². The zero-order valence-corrected chi connectivity index (χ0v) is 11.0. The Hall–Kier alpha value is -2.16. The number of hydrazone groups is 1. The van der Waals surface area contributed by atoms with Crippen molar-refractivity contribution in [1.29, 1.82) is 0 Å². The number of rotatable bonds is 4. The van der Waals surface area contributed by atoms with Crippen molar-refractivity contribution in [2.75, 3.05) is 0 Å². The van der Waals surface area contributed by atoms with Crippen LogP contribution in [0.25, 0.3) is 0 Å². The van der Waals surface area contributed by atoms with Gasteiger partial charge >= 0.3 is 0 Å². The number of allylic oxidation sites excluding steroid dienone is 4. The van der Waals surface area contributed by atoms with Crippen molar-refractivity contribution in [3.63, 3.8) is 0 Å². The number of amides is 1. The van der Waals surface area contributed by atoms with Crippen molar-refractivity contribution in [3.05, 3.63) is 60.2 Å². The molecule has 0 radical (unpaired) electrons.